The summed E-state index contributed by atoms with van der Waals surface area (Å²) in [6.07, 6.45) is 1.58. The topological polar surface area (TPSA) is 51.5 Å². The van der Waals surface area contributed by atoms with Gasteiger partial charge in [-0.05, 0) is 0 Å². The molecule has 0 amide bonds. The average Bonchev–Trinajstić information content (AvgIpc) is 2.70. The third-order valence-corrected chi connectivity index (χ3v) is 6.43. The van der Waals surface area contributed by atoms with Crippen LogP contribution >= 0.6 is 7.94 Å². The monoisotopic (exact) mass is 379 g/mol. The predicted molar refractivity (Wildman–Crippen MR) is 109 cm³/mol. The van der Waals surface area contributed by atoms with Gasteiger partial charge >= 0.3 is 160 Å². The molecular formula is C22H22NO3P. The number of nitrogens with zero attached hydrogens (tertiary/aromatic N) is 1. The van der Waals surface area contributed by atoms with E-state index in [0.29, 0.717) is 36.3 Å². The van der Waals surface area contributed by atoms with Crippen molar-refractivity contribution in [2.45, 2.75) is 12.8 Å². The maximum absolute atomic E-state index is 8.98. The molecule has 0 atom stereocenters. The summed E-state index contributed by atoms with van der Waals surface area (Å²) in [5.74, 6) is 2.06. The molecule has 3 aromatic carbocycles. The molecule has 4 nitrogen and oxygen atoms in total. The fourth-order valence-corrected chi connectivity index (χ4v) is 5.13. The number of rotatable bonds is 9. The minimum atomic E-state index is -3.21. The Balaban J connectivity index is 1.94. The van der Waals surface area contributed by atoms with Crippen LogP contribution in [0.1, 0.15) is 12.8 Å². The second-order valence-electron chi connectivity index (χ2n) is 5.94. The third kappa shape index (κ3) is 5.74. The Morgan fingerprint density at radius 2 is 1.00 bits per heavy atom. The summed E-state index contributed by atoms with van der Waals surface area (Å²) in [6, 6.07) is 30.8. The fraction of sp³-hybridized carbons (Fsp3) is 0.136. The van der Waals surface area contributed by atoms with Crippen molar-refractivity contribution in [3.8, 4) is 23.3 Å². The molecule has 27 heavy (non-hydrogen) atoms. The molecule has 0 saturated carbocycles. The summed E-state index contributed by atoms with van der Waals surface area (Å²) in [5, 5.41) is 8.98. The normalized spacial score (nSPS) is 11.2. The van der Waals surface area contributed by atoms with Crippen LogP contribution in [0, 0.1) is 11.3 Å². The zero-order chi connectivity index (χ0) is 18.8. The predicted octanol–water partition coefficient (Wildman–Crippen LogP) is 6.02. The van der Waals surface area contributed by atoms with Gasteiger partial charge in [-0.1, -0.05) is 0 Å². The molecule has 0 N–H and O–H groups in total. The summed E-state index contributed by atoms with van der Waals surface area (Å²) in [4.78, 5) is 0. The van der Waals surface area contributed by atoms with Crippen molar-refractivity contribution in [3.05, 3.63) is 91.0 Å². The molecular weight excluding hydrogens is 357 g/mol. The summed E-state index contributed by atoms with van der Waals surface area (Å²) >= 11 is 0. The van der Waals surface area contributed by atoms with Gasteiger partial charge in [0.15, 0.2) is 0 Å². The second-order valence-corrected chi connectivity index (χ2v) is 8.42. The molecule has 0 aromatic heterocycles. The Kier molecular flexibility index (Phi) is 6.68. The van der Waals surface area contributed by atoms with E-state index in [1.54, 1.807) is 0 Å². The van der Waals surface area contributed by atoms with Crippen molar-refractivity contribution in [1.29, 1.82) is 5.26 Å². The van der Waals surface area contributed by atoms with Gasteiger partial charge in [0.2, 0.25) is 0 Å². The van der Waals surface area contributed by atoms with Crippen molar-refractivity contribution in [2.24, 2.45) is 0 Å². The second kappa shape index (κ2) is 9.62. The molecule has 138 valence electrons. The molecule has 0 aliphatic rings. The van der Waals surface area contributed by atoms with Gasteiger partial charge < -0.3 is 0 Å². The number of hydrogen-bond acceptors (Lipinski definition) is 4. The zero-order valence-electron chi connectivity index (χ0n) is 15.0. The molecule has 3 rings (SSSR count). The molecule has 0 fully saturated rings. The fourth-order valence-electron chi connectivity index (χ4n) is 2.60. The molecule has 0 radical (unpaired) electrons. The van der Waals surface area contributed by atoms with Crippen molar-refractivity contribution < 1.29 is 13.6 Å². The molecule has 0 spiro atoms. The van der Waals surface area contributed by atoms with Crippen molar-refractivity contribution >= 4 is 7.94 Å². The molecule has 0 unspecified atom stereocenters. The average molecular weight is 379 g/mol. The van der Waals surface area contributed by atoms with Gasteiger partial charge in [-0.3, -0.25) is 0 Å². The first kappa shape index (κ1) is 18.8. The van der Waals surface area contributed by atoms with Gasteiger partial charge in [0, 0.05) is 0 Å². The quantitative estimate of drug-likeness (QED) is 0.337. The van der Waals surface area contributed by atoms with Crippen LogP contribution in [-0.4, -0.2) is 6.16 Å². The van der Waals surface area contributed by atoms with E-state index in [9.17, 15) is 0 Å². The number of benzene rings is 3. The molecule has 0 aliphatic carbocycles. The molecule has 0 aliphatic heterocycles. The first-order valence-electron chi connectivity index (χ1n) is 8.89. The van der Waals surface area contributed by atoms with Gasteiger partial charge in [0.05, 0.1) is 0 Å². The zero-order valence-corrected chi connectivity index (χ0v) is 16.0. The van der Waals surface area contributed by atoms with Gasteiger partial charge in [0.25, 0.3) is 0 Å². The molecule has 3 aromatic rings. The van der Waals surface area contributed by atoms with Gasteiger partial charge in [-0.15, -0.1) is 0 Å². The number of para-hydroxylation sites is 3. The summed E-state index contributed by atoms with van der Waals surface area (Å²) in [6.45, 7) is 0. The summed E-state index contributed by atoms with van der Waals surface area (Å²) < 4.78 is 19.0. The molecule has 5 heteroatoms. The Morgan fingerprint density at radius 1 is 0.630 bits per heavy atom. The standard InChI is InChI=1S/C22H22NO3P/c23-18-10-11-19-27(24-20-12-4-1-5-13-20,25-21-14-6-2-7-15-21)26-22-16-8-3-9-17-22/h1-9,12-17,27H,10-11,19H2. The van der Waals surface area contributed by atoms with E-state index < -0.39 is 7.94 Å². The number of nitriles is 1. The number of hydrogen-bond donors (Lipinski definition) is 0. The Morgan fingerprint density at radius 3 is 1.33 bits per heavy atom. The summed E-state index contributed by atoms with van der Waals surface area (Å²) in [5.41, 5.74) is 0. The van der Waals surface area contributed by atoms with E-state index in [4.69, 9.17) is 18.8 Å². The van der Waals surface area contributed by atoms with E-state index in [-0.39, 0.29) is 0 Å². The van der Waals surface area contributed by atoms with E-state index >= 15 is 0 Å². The van der Waals surface area contributed by atoms with E-state index in [1.165, 1.54) is 0 Å². The van der Waals surface area contributed by atoms with Crippen LogP contribution in [0.25, 0.3) is 0 Å². The van der Waals surface area contributed by atoms with Gasteiger partial charge in [0.1, 0.15) is 0 Å². The Hall–Kier alpha value is -3.02. The first-order valence-corrected chi connectivity index (χ1v) is 10.8. The van der Waals surface area contributed by atoms with Crippen LogP contribution in [0.4, 0.5) is 0 Å². The van der Waals surface area contributed by atoms with Crippen molar-refractivity contribution in [1.82, 2.24) is 0 Å². The van der Waals surface area contributed by atoms with Gasteiger partial charge in [-0.25, -0.2) is 0 Å². The minimum absolute atomic E-state index is 0.420. The van der Waals surface area contributed by atoms with Crippen LogP contribution in [0.5, 0.6) is 17.2 Å². The van der Waals surface area contributed by atoms with Crippen molar-refractivity contribution in [2.75, 3.05) is 6.16 Å². The van der Waals surface area contributed by atoms with Crippen LogP contribution in [0.2, 0.25) is 0 Å². The van der Waals surface area contributed by atoms with E-state index in [2.05, 4.69) is 6.07 Å². The van der Waals surface area contributed by atoms with Crippen LogP contribution in [0.3, 0.4) is 0 Å². The van der Waals surface area contributed by atoms with Crippen LogP contribution in [0.15, 0.2) is 91.0 Å². The van der Waals surface area contributed by atoms with E-state index in [0.717, 1.165) is 0 Å². The van der Waals surface area contributed by atoms with Gasteiger partial charge in [-0.2, -0.15) is 0 Å². The third-order valence-electron chi connectivity index (χ3n) is 3.82. The first-order chi connectivity index (χ1) is 13.3. The SMILES string of the molecule is N#CCCC[PH](Oc1ccccc1)(Oc1ccccc1)Oc1ccccc1. The molecule has 0 heterocycles. The molecule has 0 saturated heterocycles. The maximum atomic E-state index is 8.98. The number of unbranched alkanes of at least 4 members (excludes halogenated alkanes) is 1. The van der Waals surface area contributed by atoms with Crippen LogP contribution < -0.4 is 13.6 Å². The summed E-state index contributed by atoms with van der Waals surface area (Å²) in [7, 11) is -3.21. The molecule has 0 bridgehead atoms. The van der Waals surface area contributed by atoms with Crippen LogP contribution in [-0.2, 0) is 0 Å². The van der Waals surface area contributed by atoms with Crippen molar-refractivity contribution in [3.63, 3.8) is 0 Å². The Labute approximate surface area is 160 Å². The van der Waals surface area contributed by atoms with E-state index in [1.807, 2.05) is 91.0 Å². The Bertz CT molecular complexity index is 750.